The van der Waals surface area contributed by atoms with Gasteiger partial charge in [0.15, 0.2) is 0 Å². The van der Waals surface area contributed by atoms with Crippen molar-refractivity contribution in [3.63, 3.8) is 0 Å². The zero-order chi connectivity index (χ0) is 13.5. The second-order valence-electron chi connectivity index (χ2n) is 4.97. The van der Waals surface area contributed by atoms with Crippen molar-refractivity contribution in [2.45, 2.75) is 52.0 Å². The first-order valence-electron chi connectivity index (χ1n) is 6.86. The van der Waals surface area contributed by atoms with Crippen molar-refractivity contribution in [3.05, 3.63) is 0 Å². The number of hydrogen-bond acceptors (Lipinski definition) is 2. The first kappa shape index (κ1) is 14.8. The Bertz CT molecular complexity index is 286. The van der Waals surface area contributed by atoms with E-state index in [0.717, 1.165) is 31.8 Å². The molecule has 1 heterocycles. The summed E-state index contributed by atoms with van der Waals surface area (Å²) in [7, 11) is 0. The van der Waals surface area contributed by atoms with E-state index in [9.17, 15) is 9.59 Å². The topological polar surface area (TPSA) is 69.6 Å². The van der Waals surface area contributed by atoms with Crippen LogP contribution in [-0.4, -0.2) is 41.1 Å². The molecule has 0 bridgehead atoms. The van der Waals surface area contributed by atoms with Gasteiger partial charge in [0.1, 0.15) is 6.04 Å². The molecule has 0 aromatic rings. The molecule has 0 aromatic carbocycles. The van der Waals surface area contributed by atoms with Crippen LogP contribution in [-0.2, 0) is 4.79 Å². The van der Waals surface area contributed by atoms with Crippen molar-refractivity contribution >= 4 is 12.0 Å². The smallest absolute Gasteiger partial charge is 0.326 e. The number of carbonyl (C=O) groups excluding carboxylic acids is 1. The molecule has 5 nitrogen and oxygen atoms in total. The predicted molar refractivity (Wildman–Crippen MR) is 69.5 cm³/mol. The molecule has 0 saturated carbocycles. The van der Waals surface area contributed by atoms with Gasteiger partial charge in [0.25, 0.3) is 0 Å². The van der Waals surface area contributed by atoms with Gasteiger partial charge in [0, 0.05) is 13.1 Å². The molecule has 1 aliphatic rings. The maximum absolute atomic E-state index is 11.9. The van der Waals surface area contributed by atoms with Crippen LogP contribution >= 0.6 is 0 Å². The monoisotopic (exact) mass is 256 g/mol. The third kappa shape index (κ3) is 4.20. The second kappa shape index (κ2) is 7.24. The highest BCUT2D eigenvalue weighted by Crippen LogP contribution is 2.21. The Morgan fingerprint density at radius 3 is 2.39 bits per heavy atom. The number of carboxylic acid groups (broad SMARTS) is 1. The lowest BCUT2D eigenvalue weighted by atomic mass is 9.93. The predicted octanol–water partition coefficient (Wildman–Crippen LogP) is 2.07. The number of carboxylic acids is 1. The first-order chi connectivity index (χ1) is 8.58. The van der Waals surface area contributed by atoms with E-state index >= 15 is 0 Å². The maximum atomic E-state index is 11.9. The summed E-state index contributed by atoms with van der Waals surface area (Å²) in [5.41, 5.74) is 0. The van der Waals surface area contributed by atoms with Gasteiger partial charge in [-0.05, 0) is 25.2 Å². The minimum atomic E-state index is -0.966. The van der Waals surface area contributed by atoms with Crippen LogP contribution < -0.4 is 5.32 Å². The lowest BCUT2D eigenvalue weighted by molar-refractivity contribution is -0.139. The molecule has 1 fully saturated rings. The van der Waals surface area contributed by atoms with E-state index < -0.39 is 12.0 Å². The van der Waals surface area contributed by atoms with Gasteiger partial charge in [0.05, 0.1) is 0 Å². The number of carbonyl (C=O) groups is 2. The Morgan fingerprint density at radius 1 is 1.33 bits per heavy atom. The molecule has 0 unspecified atom stereocenters. The van der Waals surface area contributed by atoms with E-state index in [1.807, 2.05) is 0 Å². The Morgan fingerprint density at radius 2 is 1.94 bits per heavy atom. The standard InChI is InChI=1S/C13H24N2O3/c1-3-5-10-6-8-15(9-7-10)13(18)14-11(4-2)12(16)17/h10-11H,3-9H2,1-2H3,(H,14,18)(H,16,17)/t11-/m1/s1. The molecule has 1 saturated heterocycles. The Balaban J connectivity index is 2.38. The van der Waals surface area contributed by atoms with Gasteiger partial charge < -0.3 is 15.3 Å². The van der Waals surface area contributed by atoms with Gasteiger partial charge in [0.2, 0.25) is 0 Å². The van der Waals surface area contributed by atoms with Crippen LogP contribution in [0.15, 0.2) is 0 Å². The summed E-state index contributed by atoms with van der Waals surface area (Å²) in [6.07, 6.45) is 4.89. The summed E-state index contributed by atoms with van der Waals surface area (Å²) in [6, 6.07) is -1.01. The molecule has 18 heavy (non-hydrogen) atoms. The van der Waals surface area contributed by atoms with Crippen molar-refractivity contribution in [2.75, 3.05) is 13.1 Å². The molecular formula is C13H24N2O3. The number of hydrogen-bond donors (Lipinski definition) is 2. The molecule has 2 N–H and O–H groups in total. The summed E-state index contributed by atoms with van der Waals surface area (Å²) in [5, 5.41) is 11.5. The molecule has 2 amide bonds. The molecule has 5 heteroatoms. The number of piperidine rings is 1. The van der Waals surface area contributed by atoms with Gasteiger partial charge >= 0.3 is 12.0 Å². The molecule has 0 aromatic heterocycles. The number of likely N-dealkylation sites (tertiary alicyclic amines) is 1. The summed E-state index contributed by atoms with van der Waals surface area (Å²) in [5.74, 6) is -0.243. The highest BCUT2D eigenvalue weighted by Gasteiger charge is 2.25. The van der Waals surface area contributed by atoms with Crippen molar-refractivity contribution in [3.8, 4) is 0 Å². The number of urea groups is 1. The van der Waals surface area contributed by atoms with Crippen LogP contribution in [0.3, 0.4) is 0 Å². The third-order valence-electron chi connectivity index (χ3n) is 3.60. The quantitative estimate of drug-likeness (QED) is 0.791. The Kier molecular flexibility index (Phi) is 5.95. The van der Waals surface area contributed by atoms with Crippen LogP contribution in [0.5, 0.6) is 0 Å². The summed E-state index contributed by atoms with van der Waals surface area (Å²) < 4.78 is 0. The Hall–Kier alpha value is -1.26. The highest BCUT2D eigenvalue weighted by molar-refractivity contribution is 5.82. The summed E-state index contributed by atoms with van der Waals surface area (Å²) >= 11 is 0. The Labute approximate surface area is 109 Å². The van der Waals surface area contributed by atoms with Crippen molar-refractivity contribution < 1.29 is 14.7 Å². The van der Waals surface area contributed by atoms with Crippen LogP contribution in [0.1, 0.15) is 46.0 Å². The van der Waals surface area contributed by atoms with E-state index in [1.165, 1.54) is 12.8 Å². The molecule has 1 atom stereocenters. The van der Waals surface area contributed by atoms with E-state index in [2.05, 4.69) is 12.2 Å². The largest absolute Gasteiger partial charge is 0.480 e. The number of rotatable bonds is 5. The maximum Gasteiger partial charge on any atom is 0.326 e. The minimum absolute atomic E-state index is 0.237. The molecule has 0 spiro atoms. The SMILES string of the molecule is CCCC1CCN(C(=O)N[C@H](CC)C(=O)O)CC1. The molecule has 0 radical (unpaired) electrons. The molecule has 1 rings (SSSR count). The first-order valence-corrected chi connectivity index (χ1v) is 6.86. The fraction of sp³-hybridized carbons (Fsp3) is 0.846. The van der Waals surface area contributed by atoms with Crippen molar-refractivity contribution in [1.29, 1.82) is 0 Å². The summed E-state index contributed by atoms with van der Waals surface area (Å²) in [6.45, 7) is 5.42. The van der Waals surface area contributed by atoms with Crippen LogP contribution in [0.2, 0.25) is 0 Å². The van der Waals surface area contributed by atoms with Crippen LogP contribution in [0, 0.1) is 5.92 Å². The van der Waals surface area contributed by atoms with Crippen LogP contribution in [0.4, 0.5) is 4.79 Å². The zero-order valence-electron chi connectivity index (χ0n) is 11.3. The van der Waals surface area contributed by atoms with Gasteiger partial charge in [-0.2, -0.15) is 0 Å². The van der Waals surface area contributed by atoms with Crippen molar-refractivity contribution in [1.82, 2.24) is 10.2 Å². The normalized spacial score (nSPS) is 18.4. The van der Waals surface area contributed by atoms with Gasteiger partial charge in [-0.1, -0.05) is 26.7 Å². The fourth-order valence-corrected chi connectivity index (χ4v) is 2.41. The van der Waals surface area contributed by atoms with Crippen LogP contribution in [0.25, 0.3) is 0 Å². The molecule has 104 valence electrons. The molecular weight excluding hydrogens is 232 g/mol. The lowest BCUT2D eigenvalue weighted by Gasteiger charge is -2.32. The highest BCUT2D eigenvalue weighted by atomic mass is 16.4. The molecule has 1 aliphatic heterocycles. The average molecular weight is 256 g/mol. The third-order valence-corrected chi connectivity index (χ3v) is 3.60. The average Bonchev–Trinajstić information content (AvgIpc) is 2.36. The number of nitrogens with one attached hydrogen (secondary N) is 1. The van der Waals surface area contributed by atoms with E-state index in [-0.39, 0.29) is 6.03 Å². The minimum Gasteiger partial charge on any atom is -0.480 e. The van der Waals surface area contributed by atoms with Gasteiger partial charge in [-0.25, -0.2) is 9.59 Å². The van der Waals surface area contributed by atoms with E-state index in [1.54, 1.807) is 11.8 Å². The second-order valence-corrected chi connectivity index (χ2v) is 4.97. The summed E-state index contributed by atoms with van der Waals surface area (Å²) in [4.78, 5) is 24.5. The number of aliphatic carboxylic acids is 1. The zero-order valence-corrected chi connectivity index (χ0v) is 11.3. The number of nitrogens with zero attached hydrogens (tertiary/aromatic N) is 1. The van der Waals surface area contributed by atoms with Gasteiger partial charge in [-0.15, -0.1) is 0 Å². The van der Waals surface area contributed by atoms with Gasteiger partial charge in [-0.3, -0.25) is 0 Å². The van der Waals surface area contributed by atoms with E-state index in [4.69, 9.17) is 5.11 Å². The fourth-order valence-electron chi connectivity index (χ4n) is 2.41. The lowest BCUT2D eigenvalue weighted by Crippen LogP contribution is -2.50. The van der Waals surface area contributed by atoms with E-state index in [0.29, 0.717) is 6.42 Å². The number of amides is 2. The van der Waals surface area contributed by atoms with Crippen molar-refractivity contribution in [2.24, 2.45) is 5.92 Å². The molecule has 0 aliphatic carbocycles.